The van der Waals surface area contributed by atoms with Gasteiger partial charge >= 0.3 is 0 Å². The molecule has 1 N–H and O–H groups in total. The van der Waals surface area contributed by atoms with Gasteiger partial charge in [0.2, 0.25) is 0 Å². The van der Waals surface area contributed by atoms with Gasteiger partial charge in [0, 0.05) is 43.9 Å². The summed E-state index contributed by atoms with van der Waals surface area (Å²) in [4.78, 5) is 2.13. The van der Waals surface area contributed by atoms with Crippen LogP contribution in [-0.4, -0.2) is 31.1 Å². The number of rotatable bonds is 4. The molecular weight excluding hydrogens is 324 g/mol. The Balaban J connectivity index is 0.00000200. The summed E-state index contributed by atoms with van der Waals surface area (Å²) in [6.07, 6.45) is 1.61. The Morgan fingerprint density at radius 3 is 2.19 bits per heavy atom. The van der Waals surface area contributed by atoms with Crippen molar-refractivity contribution < 1.29 is 13.2 Å². The van der Waals surface area contributed by atoms with Crippen molar-refractivity contribution in [2.75, 3.05) is 26.2 Å². The molecule has 7 heteroatoms. The van der Waals surface area contributed by atoms with Crippen LogP contribution in [0.3, 0.4) is 0 Å². The number of halogens is 5. The highest BCUT2D eigenvalue weighted by Gasteiger charge is 2.25. The molecule has 122 valence electrons. The second-order valence-corrected chi connectivity index (χ2v) is 4.88. The van der Waals surface area contributed by atoms with Crippen molar-refractivity contribution in [1.29, 1.82) is 0 Å². The first kappa shape index (κ1) is 20.5. The molecule has 0 unspecified atom stereocenters. The quantitative estimate of drug-likeness (QED) is 0.838. The molecule has 0 aromatic heterocycles. The summed E-state index contributed by atoms with van der Waals surface area (Å²) in [7, 11) is 0. The Hall–Kier alpha value is -0.490. The summed E-state index contributed by atoms with van der Waals surface area (Å²) < 4.78 is 40.3. The van der Waals surface area contributed by atoms with E-state index in [-0.39, 0.29) is 36.4 Å². The third-order valence-corrected chi connectivity index (χ3v) is 3.55. The zero-order valence-corrected chi connectivity index (χ0v) is 13.5. The van der Waals surface area contributed by atoms with Crippen LogP contribution in [0.4, 0.5) is 13.2 Å². The Bertz CT molecular complexity index is 440. The molecule has 0 saturated carbocycles. The molecule has 2 rings (SSSR count). The lowest BCUT2D eigenvalue weighted by molar-refractivity contribution is 0.161. The molecule has 21 heavy (non-hydrogen) atoms. The van der Waals surface area contributed by atoms with Gasteiger partial charge in [0.1, 0.15) is 5.82 Å². The maximum Gasteiger partial charge on any atom is 0.161 e. The molecule has 0 aliphatic carbocycles. The minimum atomic E-state index is -1.13. The van der Waals surface area contributed by atoms with E-state index in [1.807, 2.05) is 6.92 Å². The van der Waals surface area contributed by atoms with Gasteiger partial charge in [0.25, 0.3) is 0 Å². The molecule has 1 aromatic rings. The largest absolute Gasteiger partial charge is 0.314 e. The Kier molecular flexibility index (Phi) is 9.29. The number of nitrogens with zero attached hydrogens (tertiary/aromatic N) is 1. The molecule has 1 fully saturated rings. The smallest absolute Gasteiger partial charge is 0.161 e. The average molecular weight is 345 g/mol. The maximum atomic E-state index is 13.9. The van der Waals surface area contributed by atoms with Gasteiger partial charge < -0.3 is 5.32 Å². The van der Waals surface area contributed by atoms with E-state index in [0.717, 1.165) is 45.1 Å². The van der Waals surface area contributed by atoms with Gasteiger partial charge in [-0.05, 0) is 12.5 Å². The third kappa shape index (κ3) is 5.02. The van der Waals surface area contributed by atoms with E-state index < -0.39 is 17.5 Å². The predicted molar refractivity (Wildman–Crippen MR) is 82.9 cm³/mol. The van der Waals surface area contributed by atoms with E-state index in [2.05, 4.69) is 10.2 Å². The summed E-state index contributed by atoms with van der Waals surface area (Å²) in [5.74, 6) is -2.76. The fraction of sp³-hybridized carbons (Fsp3) is 0.571. The molecule has 0 spiro atoms. The van der Waals surface area contributed by atoms with Crippen LogP contribution < -0.4 is 5.32 Å². The number of nitrogens with one attached hydrogen (secondary N) is 1. The first-order valence-electron chi connectivity index (χ1n) is 6.72. The number of benzene rings is 1. The molecular formula is C14H21Cl2F3N2. The van der Waals surface area contributed by atoms with Gasteiger partial charge in [0.05, 0.1) is 0 Å². The SMILES string of the molecule is CCC[C@H](c1cc(F)c(F)cc1F)N1CCNCC1.Cl.Cl. The van der Waals surface area contributed by atoms with Crippen LogP contribution >= 0.6 is 24.8 Å². The lowest BCUT2D eigenvalue weighted by Gasteiger charge is -2.35. The van der Waals surface area contributed by atoms with Crippen molar-refractivity contribution in [2.24, 2.45) is 0 Å². The van der Waals surface area contributed by atoms with Crippen molar-refractivity contribution >= 4 is 24.8 Å². The Labute approximate surface area is 135 Å². The van der Waals surface area contributed by atoms with Gasteiger partial charge in [-0.1, -0.05) is 13.3 Å². The molecule has 0 amide bonds. The van der Waals surface area contributed by atoms with Crippen molar-refractivity contribution in [3.05, 3.63) is 35.1 Å². The van der Waals surface area contributed by atoms with Gasteiger partial charge in [-0.25, -0.2) is 13.2 Å². The molecule has 1 saturated heterocycles. The van der Waals surface area contributed by atoms with E-state index in [1.165, 1.54) is 0 Å². The molecule has 0 radical (unpaired) electrons. The Morgan fingerprint density at radius 1 is 1.05 bits per heavy atom. The van der Waals surface area contributed by atoms with Gasteiger partial charge in [-0.3, -0.25) is 4.90 Å². The van der Waals surface area contributed by atoms with E-state index in [4.69, 9.17) is 0 Å². The van der Waals surface area contributed by atoms with Crippen LogP contribution in [0.1, 0.15) is 31.4 Å². The van der Waals surface area contributed by atoms with Crippen LogP contribution in [0.15, 0.2) is 12.1 Å². The first-order chi connectivity index (χ1) is 9.13. The molecule has 1 atom stereocenters. The summed E-state index contributed by atoms with van der Waals surface area (Å²) >= 11 is 0. The Morgan fingerprint density at radius 2 is 1.62 bits per heavy atom. The first-order valence-corrected chi connectivity index (χ1v) is 6.72. The standard InChI is InChI=1S/C14H19F3N2.2ClH/c1-2-3-14(19-6-4-18-5-7-19)10-8-12(16)13(17)9-11(10)15;;/h8-9,14,18H,2-7H2,1H3;2*1H/t14-;;/m1../s1. The van der Waals surface area contributed by atoms with Crippen molar-refractivity contribution in [3.8, 4) is 0 Å². The normalized spacial score (nSPS) is 16.8. The highest BCUT2D eigenvalue weighted by Crippen LogP contribution is 2.29. The van der Waals surface area contributed by atoms with Crippen LogP contribution in [0, 0.1) is 17.5 Å². The maximum absolute atomic E-state index is 13.9. The summed E-state index contributed by atoms with van der Waals surface area (Å²) in [6.45, 7) is 5.27. The highest BCUT2D eigenvalue weighted by atomic mass is 35.5. The molecule has 1 aromatic carbocycles. The summed E-state index contributed by atoms with van der Waals surface area (Å²) in [6, 6.07) is 1.48. The van der Waals surface area contributed by atoms with Gasteiger partial charge in [-0.2, -0.15) is 0 Å². The number of hydrogen-bond donors (Lipinski definition) is 1. The third-order valence-electron chi connectivity index (χ3n) is 3.55. The molecule has 1 aliphatic rings. The fourth-order valence-electron chi connectivity index (χ4n) is 2.60. The second-order valence-electron chi connectivity index (χ2n) is 4.88. The predicted octanol–water partition coefficient (Wildman–Crippen LogP) is 3.69. The monoisotopic (exact) mass is 344 g/mol. The van der Waals surface area contributed by atoms with Crippen molar-refractivity contribution in [2.45, 2.75) is 25.8 Å². The lowest BCUT2D eigenvalue weighted by atomic mass is 9.99. The van der Waals surface area contributed by atoms with Crippen molar-refractivity contribution in [3.63, 3.8) is 0 Å². The van der Waals surface area contributed by atoms with E-state index in [9.17, 15) is 13.2 Å². The molecule has 2 nitrogen and oxygen atoms in total. The van der Waals surface area contributed by atoms with Crippen LogP contribution in [0.25, 0.3) is 0 Å². The zero-order valence-electron chi connectivity index (χ0n) is 11.9. The molecule has 1 aliphatic heterocycles. The van der Waals surface area contributed by atoms with Gasteiger partial charge in [-0.15, -0.1) is 24.8 Å². The average Bonchev–Trinajstić information content (AvgIpc) is 2.42. The van der Waals surface area contributed by atoms with E-state index in [1.54, 1.807) is 0 Å². The minimum Gasteiger partial charge on any atom is -0.314 e. The molecule has 1 heterocycles. The van der Waals surface area contributed by atoms with E-state index in [0.29, 0.717) is 6.07 Å². The van der Waals surface area contributed by atoms with Gasteiger partial charge in [0.15, 0.2) is 11.6 Å². The van der Waals surface area contributed by atoms with Crippen LogP contribution in [0.5, 0.6) is 0 Å². The topological polar surface area (TPSA) is 15.3 Å². The summed E-state index contributed by atoms with van der Waals surface area (Å²) in [5.41, 5.74) is 0.266. The summed E-state index contributed by atoms with van der Waals surface area (Å²) in [5, 5.41) is 3.23. The zero-order chi connectivity index (χ0) is 13.8. The minimum absolute atomic E-state index is 0. The number of hydrogen-bond acceptors (Lipinski definition) is 2. The highest BCUT2D eigenvalue weighted by molar-refractivity contribution is 5.85. The van der Waals surface area contributed by atoms with Crippen molar-refractivity contribution in [1.82, 2.24) is 10.2 Å². The fourth-order valence-corrected chi connectivity index (χ4v) is 2.60. The second kappa shape index (κ2) is 9.51. The van der Waals surface area contributed by atoms with Crippen LogP contribution in [-0.2, 0) is 0 Å². The lowest BCUT2D eigenvalue weighted by Crippen LogP contribution is -2.45. The number of piperazine rings is 1. The molecule has 0 bridgehead atoms. The van der Waals surface area contributed by atoms with Crippen LogP contribution in [0.2, 0.25) is 0 Å². The van der Waals surface area contributed by atoms with E-state index >= 15 is 0 Å².